The van der Waals surface area contributed by atoms with Gasteiger partial charge in [0.05, 0.1) is 6.61 Å². The van der Waals surface area contributed by atoms with Crippen molar-refractivity contribution < 1.29 is 5.11 Å². The summed E-state index contributed by atoms with van der Waals surface area (Å²) in [4.78, 5) is 11.6. The predicted octanol–water partition coefficient (Wildman–Crippen LogP) is 1.62. The minimum Gasteiger partial charge on any atom is -0.395 e. The van der Waals surface area contributed by atoms with Gasteiger partial charge in [0.1, 0.15) is 11.6 Å². The lowest BCUT2D eigenvalue weighted by Gasteiger charge is -2.28. The van der Waals surface area contributed by atoms with Crippen molar-refractivity contribution in [2.75, 3.05) is 18.1 Å². The molecule has 4 nitrogen and oxygen atoms in total. The summed E-state index contributed by atoms with van der Waals surface area (Å²) in [5.41, 5.74) is 2.58. The third-order valence-electron chi connectivity index (χ3n) is 3.87. The summed E-state index contributed by atoms with van der Waals surface area (Å²) in [5.74, 6) is 1.97. The van der Waals surface area contributed by atoms with Gasteiger partial charge in [-0.25, -0.2) is 9.97 Å². The van der Waals surface area contributed by atoms with Gasteiger partial charge >= 0.3 is 0 Å². The normalized spacial score (nSPS) is 18.6. The highest BCUT2D eigenvalue weighted by Crippen LogP contribution is 2.35. The van der Waals surface area contributed by atoms with Crippen LogP contribution in [0.3, 0.4) is 0 Å². The van der Waals surface area contributed by atoms with Gasteiger partial charge in [-0.2, -0.15) is 0 Å². The Morgan fingerprint density at radius 2 is 2.00 bits per heavy atom. The van der Waals surface area contributed by atoms with Crippen molar-refractivity contribution in [2.24, 2.45) is 0 Å². The molecule has 18 heavy (non-hydrogen) atoms. The lowest BCUT2D eigenvalue weighted by Crippen LogP contribution is -2.32. The van der Waals surface area contributed by atoms with Crippen LogP contribution in [0, 0.1) is 6.92 Å². The van der Waals surface area contributed by atoms with Crippen LogP contribution in [0.15, 0.2) is 0 Å². The first-order valence-electron chi connectivity index (χ1n) is 7.03. The van der Waals surface area contributed by atoms with Crippen LogP contribution in [0.1, 0.15) is 42.8 Å². The molecule has 0 spiro atoms. The molecule has 4 heteroatoms. The van der Waals surface area contributed by atoms with Crippen molar-refractivity contribution in [3.63, 3.8) is 0 Å². The molecule has 1 aromatic heterocycles. The maximum atomic E-state index is 9.26. The van der Waals surface area contributed by atoms with Crippen molar-refractivity contribution in [1.29, 1.82) is 0 Å². The summed E-state index contributed by atoms with van der Waals surface area (Å²) in [5, 5.41) is 9.26. The molecular weight excluding hydrogens is 226 g/mol. The second kappa shape index (κ2) is 4.84. The summed E-state index contributed by atoms with van der Waals surface area (Å²) in [6, 6.07) is 0.595. The van der Waals surface area contributed by atoms with E-state index in [4.69, 9.17) is 0 Å². The van der Waals surface area contributed by atoms with E-state index >= 15 is 0 Å². The molecule has 1 N–H and O–H groups in total. The van der Waals surface area contributed by atoms with E-state index in [0.29, 0.717) is 12.6 Å². The van der Waals surface area contributed by atoms with Crippen LogP contribution in [0.5, 0.6) is 0 Å². The first-order chi connectivity index (χ1) is 8.79. The molecule has 3 rings (SSSR count). The summed E-state index contributed by atoms with van der Waals surface area (Å²) in [7, 11) is 0. The molecule has 1 fully saturated rings. The third kappa shape index (κ3) is 2.21. The average molecular weight is 247 g/mol. The average Bonchev–Trinajstić information content (AvgIpc) is 3.19. The van der Waals surface area contributed by atoms with E-state index in [-0.39, 0.29) is 6.61 Å². The van der Waals surface area contributed by atoms with Gasteiger partial charge in [-0.3, -0.25) is 0 Å². The first kappa shape index (κ1) is 11.9. The first-order valence-corrected chi connectivity index (χ1v) is 7.03. The molecule has 0 bridgehead atoms. The lowest BCUT2D eigenvalue weighted by atomic mass is 9.96. The van der Waals surface area contributed by atoms with Gasteiger partial charge in [0, 0.05) is 23.8 Å². The van der Waals surface area contributed by atoms with Crippen LogP contribution in [-0.2, 0) is 12.8 Å². The van der Waals surface area contributed by atoms with Crippen LogP contribution < -0.4 is 4.90 Å². The Balaban J connectivity index is 2.00. The van der Waals surface area contributed by atoms with E-state index in [2.05, 4.69) is 14.9 Å². The number of hydrogen-bond acceptors (Lipinski definition) is 4. The molecule has 0 atom stereocenters. The molecule has 0 radical (unpaired) electrons. The Bertz CT molecular complexity index is 443. The van der Waals surface area contributed by atoms with Crippen molar-refractivity contribution in [1.82, 2.24) is 9.97 Å². The van der Waals surface area contributed by atoms with Crippen LogP contribution >= 0.6 is 0 Å². The van der Waals surface area contributed by atoms with Gasteiger partial charge in [0.25, 0.3) is 0 Å². The zero-order valence-corrected chi connectivity index (χ0v) is 11.0. The number of anilines is 1. The molecule has 1 saturated carbocycles. The van der Waals surface area contributed by atoms with E-state index in [1.807, 2.05) is 6.92 Å². The van der Waals surface area contributed by atoms with Gasteiger partial charge in [0.15, 0.2) is 0 Å². The number of rotatable bonds is 4. The Labute approximate surface area is 108 Å². The van der Waals surface area contributed by atoms with Gasteiger partial charge in [-0.05, 0) is 45.4 Å². The number of fused-ring (bicyclic) bond motifs is 1. The number of aliphatic hydroxyl groups excluding tert-OH is 1. The highest BCUT2D eigenvalue weighted by molar-refractivity contribution is 5.52. The monoisotopic (exact) mass is 247 g/mol. The van der Waals surface area contributed by atoms with Crippen molar-refractivity contribution >= 4 is 5.82 Å². The van der Waals surface area contributed by atoms with Gasteiger partial charge in [-0.15, -0.1) is 0 Å². The number of hydrogen-bond donors (Lipinski definition) is 1. The van der Waals surface area contributed by atoms with E-state index in [9.17, 15) is 5.11 Å². The summed E-state index contributed by atoms with van der Waals surface area (Å²) >= 11 is 0. The van der Waals surface area contributed by atoms with Crippen LogP contribution in [0.2, 0.25) is 0 Å². The third-order valence-corrected chi connectivity index (χ3v) is 3.87. The fourth-order valence-corrected chi connectivity index (χ4v) is 2.89. The molecule has 98 valence electrons. The topological polar surface area (TPSA) is 49.2 Å². The maximum Gasteiger partial charge on any atom is 0.136 e. The Morgan fingerprint density at radius 1 is 1.22 bits per heavy atom. The van der Waals surface area contributed by atoms with Crippen molar-refractivity contribution in [3.05, 3.63) is 17.1 Å². The second-order valence-corrected chi connectivity index (χ2v) is 5.37. The van der Waals surface area contributed by atoms with Crippen LogP contribution in [0.4, 0.5) is 5.82 Å². The SMILES string of the molecule is Cc1nc2c(c(N(CCO)C3CC3)n1)CCCC2. The van der Waals surface area contributed by atoms with Crippen molar-refractivity contribution in [3.8, 4) is 0 Å². The number of aryl methyl sites for hydroxylation is 2. The molecule has 0 unspecified atom stereocenters. The molecule has 0 aliphatic heterocycles. The predicted molar refractivity (Wildman–Crippen MR) is 70.9 cm³/mol. The summed E-state index contributed by atoms with van der Waals surface area (Å²) < 4.78 is 0. The van der Waals surface area contributed by atoms with Gasteiger partial charge in [0.2, 0.25) is 0 Å². The Kier molecular flexibility index (Phi) is 3.20. The van der Waals surface area contributed by atoms with E-state index in [1.165, 1.54) is 36.9 Å². The molecule has 2 aliphatic rings. The summed E-state index contributed by atoms with van der Waals surface area (Å²) in [6.45, 7) is 2.88. The highest BCUT2D eigenvalue weighted by atomic mass is 16.3. The Morgan fingerprint density at radius 3 is 2.72 bits per heavy atom. The zero-order chi connectivity index (χ0) is 12.5. The summed E-state index contributed by atoms with van der Waals surface area (Å²) in [6.07, 6.45) is 7.13. The molecule has 0 amide bonds. The molecule has 1 heterocycles. The highest BCUT2D eigenvalue weighted by Gasteiger charge is 2.32. The minimum atomic E-state index is 0.203. The Hall–Kier alpha value is -1.16. The van der Waals surface area contributed by atoms with Gasteiger partial charge in [-0.1, -0.05) is 0 Å². The van der Waals surface area contributed by atoms with Crippen LogP contribution in [0.25, 0.3) is 0 Å². The lowest BCUT2D eigenvalue weighted by molar-refractivity contribution is 0.301. The van der Waals surface area contributed by atoms with E-state index < -0.39 is 0 Å². The quantitative estimate of drug-likeness (QED) is 0.878. The smallest absolute Gasteiger partial charge is 0.136 e. The fraction of sp³-hybridized carbons (Fsp3) is 0.714. The van der Waals surface area contributed by atoms with Crippen molar-refractivity contribution in [2.45, 2.75) is 51.5 Å². The van der Waals surface area contributed by atoms with Gasteiger partial charge < -0.3 is 10.0 Å². The fourth-order valence-electron chi connectivity index (χ4n) is 2.89. The zero-order valence-electron chi connectivity index (χ0n) is 11.0. The van der Waals surface area contributed by atoms with E-state index in [1.54, 1.807) is 0 Å². The minimum absolute atomic E-state index is 0.203. The molecule has 2 aliphatic carbocycles. The molecule has 0 saturated heterocycles. The number of aliphatic hydroxyl groups is 1. The number of aromatic nitrogens is 2. The standard InChI is InChI=1S/C14H21N3O/c1-10-15-13-5-3-2-4-12(13)14(16-10)17(8-9-18)11-6-7-11/h11,18H,2-9H2,1H3. The maximum absolute atomic E-state index is 9.26. The van der Waals surface area contributed by atoms with Crippen LogP contribution in [-0.4, -0.2) is 34.3 Å². The molecule has 1 aromatic rings. The second-order valence-electron chi connectivity index (χ2n) is 5.37. The number of nitrogens with zero attached hydrogens (tertiary/aromatic N) is 3. The molecule has 0 aromatic carbocycles. The van der Waals surface area contributed by atoms with E-state index in [0.717, 1.165) is 24.5 Å². The largest absolute Gasteiger partial charge is 0.395 e. The molecular formula is C14H21N3O.